The molecule has 2 rings (SSSR count). The molecule has 2 unspecified atom stereocenters. The summed E-state index contributed by atoms with van der Waals surface area (Å²) in [6, 6.07) is 5.24. The van der Waals surface area contributed by atoms with Gasteiger partial charge >= 0.3 is 6.18 Å². The summed E-state index contributed by atoms with van der Waals surface area (Å²) in [5.41, 5.74) is 0.222. The molecule has 0 amide bonds. The van der Waals surface area contributed by atoms with Gasteiger partial charge in [0, 0.05) is 0 Å². The molecule has 0 saturated carbocycles. The van der Waals surface area contributed by atoms with Crippen molar-refractivity contribution < 1.29 is 17.9 Å². The van der Waals surface area contributed by atoms with Gasteiger partial charge in [0.1, 0.15) is 0 Å². The highest BCUT2D eigenvalue weighted by molar-refractivity contribution is 5.26. The van der Waals surface area contributed by atoms with Crippen molar-refractivity contribution in [3.63, 3.8) is 0 Å². The van der Waals surface area contributed by atoms with Crippen LogP contribution in [0.15, 0.2) is 24.3 Å². The molecule has 1 fully saturated rings. The Labute approximate surface area is 92.2 Å². The normalized spacial score (nSPS) is 26.0. The van der Waals surface area contributed by atoms with Crippen molar-refractivity contribution in [3.8, 4) is 0 Å². The fraction of sp³-hybridized carbons (Fsp3) is 0.500. The zero-order valence-corrected chi connectivity index (χ0v) is 8.92. The fourth-order valence-corrected chi connectivity index (χ4v) is 1.93. The van der Waals surface area contributed by atoms with Crippen LogP contribution >= 0.6 is 0 Å². The molecule has 1 aromatic rings. The predicted octanol–water partition coefficient (Wildman–Crippen LogP) is 3.95. The van der Waals surface area contributed by atoms with Crippen LogP contribution in [0.25, 0.3) is 0 Å². The van der Waals surface area contributed by atoms with Gasteiger partial charge in [-0.3, -0.25) is 0 Å². The number of alkyl halides is 3. The quantitative estimate of drug-likeness (QED) is 0.709. The predicted molar refractivity (Wildman–Crippen MR) is 54.0 cm³/mol. The smallest absolute Gasteiger partial charge is 0.371 e. The summed E-state index contributed by atoms with van der Waals surface area (Å²) in [5, 5.41) is 0. The summed E-state index contributed by atoms with van der Waals surface area (Å²) in [5.74, 6) is 0. The topological polar surface area (TPSA) is 9.23 Å². The standard InChI is InChI=1S/C12H13F3O/c1-8-2-7-11(16-8)9-3-5-10(6-4-9)12(13,14)15/h3-6,8,11H,2,7H2,1H3. The van der Waals surface area contributed by atoms with E-state index in [4.69, 9.17) is 4.74 Å². The van der Waals surface area contributed by atoms with E-state index in [1.165, 1.54) is 12.1 Å². The average molecular weight is 230 g/mol. The summed E-state index contributed by atoms with van der Waals surface area (Å²) < 4.78 is 42.6. The second-order valence-corrected chi connectivity index (χ2v) is 4.13. The first-order chi connectivity index (χ1) is 7.47. The highest BCUT2D eigenvalue weighted by Gasteiger charge is 2.31. The minimum Gasteiger partial charge on any atom is -0.371 e. The van der Waals surface area contributed by atoms with Crippen LogP contribution in [0.2, 0.25) is 0 Å². The Kier molecular flexibility index (Phi) is 2.93. The van der Waals surface area contributed by atoms with Crippen molar-refractivity contribution in [1.82, 2.24) is 0 Å². The molecular weight excluding hydrogens is 217 g/mol. The van der Waals surface area contributed by atoms with E-state index < -0.39 is 11.7 Å². The summed E-state index contributed by atoms with van der Waals surface area (Å²) in [6.07, 6.45) is -2.26. The maximum absolute atomic E-state index is 12.3. The molecule has 88 valence electrons. The molecule has 16 heavy (non-hydrogen) atoms. The van der Waals surface area contributed by atoms with Gasteiger partial charge in [-0.05, 0) is 37.5 Å². The van der Waals surface area contributed by atoms with Crippen molar-refractivity contribution in [2.24, 2.45) is 0 Å². The van der Waals surface area contributed by atoms with Crippen LogP contribution in [0, 0.1) is 0 Å². The third-order valence-corrected chi connectivity index (χ3v) is 2.84. The monoisotopic (exact) mass is 230 g/mol. The number of ether oxygens (including phenoxy) is 1. The van der Waals surface area contributed by atoms with Gasteiger partial charge in [0.15, 0.2) is 0 Å². The number of hydrogen-bond acceptors (Lipinski definition) is 1. The number of hydrogen-bond donors (Lipinski definition) is 0. The Morgan fingerprint density at radius 3 is 2.19 bits per heavy atom. The van der Waals surface area contributed by atoms with E-state index >= 15 is 0 Å². The van der Waals surface area contributed by atoms with Gasteiger partial charge in [0.25, 0.3) is 0 Å². The van der Waals surface area contributed by atoms with Crippen molar-refractivity contribution in [2.75, 3.05) is 0 Å². The molecule has 2 atom stereocenters. The van der Waals surface area contributed by atoms with Crippen molar-refractivity contribution in [1.29, 1.82) is 0 Å². The molecule has 1 aromatic carbocycles. The maximum Gasteiger partial charge on any atom is 0.416 e. The van der Waals surface area contributed by atoms with Crippen LogP contribution in [0.3, 0.4) is 0 Å². The summed E-state index contributed by atoms with van der Waals surface area (Å²) in [7, 11) is 0. The van der Waals surface area contributed by atoms with Crippen molar-refractivity contribution >= 4 is 0 Å². The highest BCUT2D eigenvalue weighted by Crippen LogP contribution is 2.34. The fourth-order valence-electron chi connectivity index (χ4n) is 1.93. The molecular formula is C12H13F3O. The molecule has 1 nitrogen and oxygen atoms in total. The zero-order chi connectivity index (χ0) is 11.8. The number of halogens is 3. The van der Waals surface area contributed by atoms with E-state index in [1.54, 1.807) is 0 Å². The molecule has 4 heteroatoms. The average Bonchev–Trinajstić information content (AvgIpc) is 2.64. The maximum atomic E-state index is 12.3. The minimum absolute atomic E-state index is 0.0442. The van der Waals surface area contributed by atoms with E-state index in [-0.39, 0.29) is 12.2 Å². The van der Waals surface area contributed by atoms with Crippen LogP contribution < -0.4 is 0 Å². The second-order valence-electron chi connectivity index (χ2n) is 4.13. The molecule has 0 N–H and O–H groups in total. The Balaban J connectivity index is 2.14. The Morgan fingerprint density at radius 1 is 1.12 bits per heavy atom. The molecule has 1 heterocycles. The molecule has 1 saturated heterocycles. The highest BCUT2D eigenvalue weighted by atomic mass is 19.4. The largest absolute Gasteiger partial charge is 0.416 e. The van der Waals surface area contributed by atoms with Gasteiger partial charge in [0.05, 0.1) is 17.8 Å². The molecule has 0 aromatic heterocycles. The van der Waals surface area contributed by atoms with Gasteiger partial charge in [-0.25, -0.2) is 0 Å². The number of benzene rings is 1. The molecule has 0 aliphatic carbocycles. The van der Waals surface area contributed by atoms with Crippen LogP contribution in [-0.4, -0.2) is 6.10 Å². The Hall–Kier alpha value is -1.03. The second kappa shape index (κ2) is 4.09. The van der Waals surface area contributed by atoms with Gasteiger partial charge < -0.3 is 4.74 Å². The Bertz CT molecular complexity index is 356. The first-order valence-corrected chi connectivity index (χ1v) is 5.29. The van der Waals surface area contributed by atoms with Crippen molar-refractivity contribution in [2.45, 2.75) is 38.1 Å². The van der Waals surface area contributed by atoms with Gasteiger partial charge in [0.2, 0.25) is 0 Å². The first kappa shape index (κ1) is 11.5. The lowest BCUT2D eigenvalue weighted by atomic mass is 10.0. The van der Waals surface area contributed by atoms with E-state index in [0.29, 0.717) is 0 Å². The Morgan fingerprint density at radius 2 is 1.75 bits per heavy atom. The first-order valence-electron chi connectivity index (χ1n) is 5.29. The van der Waals surface area contributed by atoms with Crippen molar-refractivity contribution in [3.05, 3.63) is 35.4 Å². The lowest BCUT2D eigenvalue weighted by Crippen LogP contribution is -2.06. The molecule has 1 aliphatic heterocycles. The van der Waals surface area contributed by atoms with Crippen LogP contribution in [0.5, 0.6) is 0 Å². The van der Waals surface area contributed by atoms with Gasteiger partial charge in [-0.1, -0.05) is 12.1 Å². The van der Waals surface area contributed by atoms with E-state index in [9.17, 15) is 13.2 Å². The van der Waals surface area contributed by atoms with E-state index in [1.807, 2.05) is 6.92 Å². The van der Waals surface area contributed by atoms with Gasteiger partial charge in [-0.15, -0.1) is 0 Å². The van der Waals surface area contributed by atoms with Crippen LogP contribution in [-0.2, 0) is 10.9 Å². The molecule has 0 radical (unpaired) electrons. The summed E-state index contributed by atoms with van der Waals surface area (Å²) >= 11 is 0. The zero-order valence-electron chi connectivity index (χ0n) is 8.92. The SMILES string of the molecule is CC1CCC(c2ccc(C(F)(F)F)cc2)O1. The number of rotatable bonds is 1. The van der Waals surface area contributed by atoms with Gasteiger partial charge in [-0.2, -0.15) is 13.2 Å². The molecule has 0 spiro atoms. The lowest BCUT2D eigenvalue weighted by Gasteiger charge is -2.13. The van der Waals surface area contributed by atoms with Crippen LogP contribution in [0.1, 0.15) is 37.0 Å². The van der Waals surface area contributed by atoms with Crippen LogP contribution in [0.4, 0.5) is 13.2 Å². The van der Waals surface area contributed by atoms with E-state index in [2.05, 4.69) is 0 Å². The summed E-state index contributed by atoms with van der Waals surface area (Å²) in [6.45, 7) is 1.98. The van der Waals surface area contributed by atoms with E-state index in [0.717, 1.165) is 30.5 Å². The lowest BCUT2D eigenvalue weighted by molar-refractivity contribution is -0.137. The third kappa shape index (κ3) is 2.38. The minimum atomic E-state index is -4.26. The third-order valence-electron chi connectivity index (χ3n) is 2.84. The summed E-state index contributed by atoms with van der Waals surface area (Å²) in [4.78, 5) is 0. The molecule has 0 bridgehead atoms. The molecule has 1 aliphatic rings.